The minimum Gasteiger partial charge on any atom is -0.482 e. The Morgan fingerprint density at radius 3 is 2.89 bits per heavy atom. The fourth-order valence-corrected chi connectivity index (χ4v) is 3.36. The number of nitrogens with one attached hydrogen (secondary N) is 1. The Morgan fingerprint density at radius 2 is 2.00 bits per heavy atom. The van der Waals surface area contributed by atoms with Crippen LogP contribution in [0.3, 0.4) is 0 Å². The van der Waals surface area contributed by atoms with Crippen LogP contribution in [0.1, 0.15) is 36.4 Å². The van der Waals surface area contributed by atoms with E-state index >= 15 is 0 Å². The average Bonchev–Trinajstić information content (AvgIpc) is 3.14. The number of aryl methyl sites for hydroxylation is 2. The molecule has 0 radical (unpaired) electrons. The van der Waals surface area contributed by atoms with Crippen LogP contribution in [-0.2, 0) is 22.4 Å². The number of hydrogen-bond acceptors (Lipinski definition) is 5. The zero-order valence-electron chi connectivity index (χ0n) is 15.0. The Bertz CT molecular complexity index is 1060. The van der Waals surface area contributed by atoms with Crippen LogP contribution in [0.25, 0.3) is 10.9 Å². The van der Waals surface area contributed by atoms with E-state index in [0.29, 0.717) is 22.5 Å². The minimum atomic E-state index is -0.682. The Balaban J connectivity index is 1.40. The maximum atomic E-state index is 12.1. The van der Waals surface area contributed by atoms with Crippen molar-refractivity contribution < 1.29 is 14.3 Å². The molecule has 1 atom stereocenters. The number of fused-ring (bicyclic) bond motifs is 2. The standard InChI is InChI=1S/C21H20N2O4/c1-13(20-22-18-8-3-2-7-17(18)21(25)23-20)27-19(24)12-26-16-10-9-14-5-4-6-15(14)11-16/h2-3,7-11,13H,4-6,12H2,1H3,(H,22,23,25)/t13-/m0/s1. The Labute approximate surface area is 156 Å². The smallest absolute Gasteiger partial charge is 0.344 e. The van der Waals surface area contributed by atoms with E-state index in [0.717, 1.165) is 19.3 Å². The van der Waals surface area contributed by atoms with Crippen molar-refractivity contribution in [3.05, 3.63) is 69.8 Å². The normalized spacial score (nSPS) is 14.0. The molecule has 2 aromatic carbocycles. The fraction of sp³-hybridized carbons (Fsp3) is 0.286. The number of esters is 1. The zero-order valence-corrected chi connectivity index (χ0v) is 15.0. The third kappa shape index (κ3) is 3.69. The summed E-state index contributed by atoms with van der Waals surface area (Å²) in [5.74, 6) is 0.459. The van der Waals surface area contributed by atoms with Crippen molar-refractivity contribution in [1.29, 1.82) is 0 Å². The van der Waals surface area contributed by atoms with Gasteiger partial charge in [0.1, 0.15) is 5.75 Å². The van der Waals surface area contributed by atoms with Crippen molar-refractivity contribution in [3.63, 3.8) is 0 Å². The van der Waals surface area contributed by atoms with Gasteiger partial charge in [-0.3, -0.25) is 4.79 Å². The lowest BCUT2D eigenvalue weighted by Gasteiger charge is -2.14. The van der Waals surface area contributed by atoms with Crippen molar-refractivity contribution >= 4 is 16.9 Å². The SMILES string of the molecule is C[C@H](OC(=O)COc1ccc2c(c1)CCC2)c1nc2ccccc2c(=O)[nH]1. The maximum Gasteiger partial charge on any atom is 0.344 e. The predicted octanol–water partition coefficient (Wildman–Crippen LogP) is 3.10. The summed E-state index contributed by atoms with van der Waals surface area (Å²) < 4.78 is 10.9. The van der Waals surface area contributed by atoms with E-state index in [1.165, 1.54) is 11.1 Å². The highest BCUT2D eigenvalue weighted by Crippen LogP contribution is 2.26. The van der Waals surface area contributed by atoms with Gasteiger partial charge in [0.15, 0.2) is 18.5 Å². The van der Waals surface area contributed by atoms with Gasteiger partial charge in [-0.2, -0.15) is 0 Å². The molecule has 0 unspecified atom stereocenters. The van der Waals surface area contributed by atoms with Crippen LogP contribution in [0.2, 0.25) is 0 Å². The molecule has 6 heteroatoms. The monoisotopic (exact) mass is 364 g/mol. The molecule has 0 amide bonds. The molecule has 0 fully saturated rings. The maximum absolute atomic E-state index is 12.1. The van der Waals surface area contributed by atoms with Gasteiger partial charge in [-0.15, -0.1) is 0 Å². The summed E-state index contributed by atoms with van der Waals surface area (Å²) in [5.41, 5.74) is 2.94. The molecule has 138 valence electrons. The first-order chi connectivity index (χ1) is 13.1. The Morgan fingerprint density at radius 1 is 1.19 bits per heavy atom. The highest BCUT2D eigenvalue weighted by molar-refractivity contribution is 5.77. The lowest BCUT2D eigenvalue weighted by Crippen LogP contribution is -2.20. The lowest BCUT2D eigenvalue weighted by molar-refractivity contribution is -0.151. The van der Waals surface area contributed by atoms with Gasteiger partial charge in [-0.25, -0.2) is 9.78 Å². The second-order valence-corrected chi connectivity index (χ2v) is 6.67. The highest BCUT2D eigenvalue weighted by Gasteiger charge is 2.17. The summed E-state index contributed by atoms with van der Waals surface area (Å²) in [4.78, 5) is 31.3. The second kappa shape index (κ2) is 7.23. The molecule has 0 aliphatic heterocycles. The van der Waals surface area contributed by atoms with E-state index in [1.54, 1.807) is 31.2 Å². The van der Waals surface area contributed by atoms with Crippen molar-refractivity contribution in [1.82, 2.24) is 9.97 Å². The molecule has 1 aromatic heterocycles. The number of hydrogen-bond donors (Lipinski definition) is 1. The second-order valence-electron chi connectivity index (χ2n) is 6.67. The molecule has 4 rings (SSSR count). The van der Waals surface area contributed by atoms with Crippen molar-refractivity contribution in [3.8, 4) is 5.75 Å². The third-order valence-corrected chi connectivity index (χ3v) is 4.75. The van der Waals surface area contributed by atoms with Crippen LogP contribution in [0.15, 0.2) is 47.3 Å². The van der Waals surface area contributed by atoms with Gasteiger partial charge in [0.05, 0.1) is 10.9 Å². The molecule has 6 nitrogen and oxygen atoms in total. The van der Waals surface area contributed by atoms with Crippen LogP contribution in [-0.4, -0.2) is 22.5 Å². The lowest BCUT2D eigenvalue weighted by atomic mass is 10.1. The van der Waals surface area contributed by atoms with Gasteiger partial charge in [0.25, 0.3) is 5.56 Å². The summed E-state index contributed by atoms with van der Waals surface area (Å²) in [7, 11) is 0. The van der Waals surface area contributed by atoms with Gasteiger partial charge in [-0.1, -0.05) is 18.2 Å². The molecule has 1 aliphatic rings. The first-order valence-electron chi connectivity index (χ1n) is 9.03. The predicted molar refractivity (Wildman–Crippen MR) is 101 cm³/mol. The molecular formula is C21H20N2O4. The topological polar surface area (TPSA) is 81.3 Å². The molecule has 0 spiro atoms. The van der Waals surface area contributed by atoms with Gasteiger partial charge < -0.3 is 14.5 Å². The largest absolute Gasteiger partial charge is 0.482 e. The molecule has 0 bridgehead atoms. The third-order valence-electron chi connectivity index (χ3n) is 4.75. The number of carbonyl (C=O) groups excluding carboxylic acids is 1. The van der Waals surface area contributed by atoms with Gasteiger partial charge in [-0.05, 0) is 61.6 Å². The number of benzene rings is 2. The van der Waals surface area contributed by atoms with Crippen molar-refractivity contribution in [2.45, 2.75) is 32.3 Å². The van der Waals surface area contributed by atoms with E-state index in [4.69, 9.17) is 9.47 Å². The molecule has 0 saturated heterocycles. The fourth-order valence-electron chi connectivity index (χ4n) is 3.36. The van der Waals surface area contributed by atoms with E-state index in [9.17, 15) is 9.59 Å². The van der Waals surface area contributed by atoms with E-state index < -0.39 is 12.1 Å². The first-order valence-corrected chi connectivity index (χ1v) is 9.03. The molecule has 27 heavy (non-hydrogen) atoms. The van der Waals surface area contributed by atoms with Crippen LogP contribution in [0.4, 0.5) is 0 Å². The van der Waals surface area contributed by atoms with E-state index in [2.05, 4.69) is 16.0 Å². The molecule has 0 saturated carbocycles. The van der Waals surface area contributed by atoms with Gasteiger partial charge in [0.2, 0.25) is 0 Å². The summed E-state index contributed by atoms with van der Waals surface area (Å²) in [6.07, 6.45) is 2.63. The van der Waals surface area contributed by atoms with Crippen LogP contribution in [0, 0.1) is 0 Å². The average molecular weight is 364 g/mol. The van der Waals surface area contributed by atoms with Crippen LogP contribution in [0.5, 0.6) is 5.75 Å². The van der Waals surface area contributed by atoms with Crippen molar-refractivity contribution in [2.75, 3.05) is 6.61 Å². The molecular weight excluding hydrogens is 344 g/mol. The number of ether oxygens (including phenoxy) is 2. The molecule has 1 N–H and O–H groups in total. The number of aromatic amines is 1. The van der Waals surface area contributed by atoms with Gasteiger partial charge in [0, 0.05) is 0 Å². The van der Waals surface area contributed by atoms with E-state index in [-0.39, 0.29) is 12.2 Å². The summed E-state index contributed by atoms with van der Waals surface area (Å²) in [6, 6.07) is 12.9. The minimum absolute atomic E-state index is 0.194. The molecule has 1 heterocycles. The number of rotatable bonds is 5. The first kappa shape index (κ1) is 17.3. The number of nitrogens with zero attached hydrogens (tertiary/aromatic N) is 1. The molecule has 3 aromatic rings. The Hall–Kier alpha value is -3.15. The van der Waals surface area contributed by atoms with Crippen molar-refractivity contribution in [2.24, 2.45) is 0 Å². The van der Waals surface area contributed by atoms with Crippen LogP contribution >= 0.6 is 0 Å². The number of carbonyl (C=O) groups is 1. The van der Waals surface area contributed by atoms with E-state index in [1.807, 2.05) is 12.1 Å². The summed E-state index contributed by atoms with van der Waals surface area (Å²) in [5, 5.41) is 0.500. The number of para-hydroxylation sites is 1. The zero-order chi connectivity index (χ0) is 18.8. The van der Waals surface area contributed by atoms with Gasteiger partial charge >= 0.3 is 5.97 Å². The number of H-pyrrole nitrogens is 1. The Kier molecular flexibility index (Phi) is 4.62. The van der Waals surface area contributed by atoms with Crippen LogP contribution < -0.4 is 10.3 Å². The highest BCUT2D eigenvalue weighted by atomic mass is 16.6. The molecule has 1 aliphatic carbocycles. The number of aromatic nitrogens is 2. The summed E-state index contributed by atoms with van der Waals surface area (Å²) >= 11 is 0. The quantitative estimate of drug-likeness (QED) is 0.704. The summed E-state index contributed by atoms with van der Waals surface area (Å²) in [6.45, 7) is 1.47.